The molecule has 0 aliphatic carbocycles. The van der Waals surface area contributed by atoms with Crippen molar-refractivity contribution < 1.29 is 0 Å². The zero-order valence-corrected chi connectivity index (χ0v) is 11.6. The SMILES string of the molecule is CC1Sc2cccc(S)c2N1C.I. The molecule has 1 aromatic carbocycles. The molecule has 0 amide bonds. The quantitative estimate of drug-likeness (QED) is 0.575. The van der Waals surface area contributed by atoms with Gasteiger partial charge in [0.2, 0.25) is 0 Å². The molecule has 1 aromatic rings. The molecule has 1 aliphatic rings. The van der Waals surface area contributed by atoms with Crippen LogP contribution in [-0.4, -0.2) is 12.4 Å². The minimum atomic E-state index is 0. The Morgan fingerprint density at radius 2 is 2.15 bits per heavy atom. The van der Waals surface area contributed by atoms with Gasteiger partial charge in [0.05, 0.1) is 11.1 Å². The molecule has 0 bridgehead atoms. The van der Waals surface area contributed by atoms with Crippen molar-refractivity contribution in [1.29, 1.82) is 0 Å². The number of para-hydroxylation sites is 1. The van der Waals surface area contributed by atoms with Crippen LogP contribution < -0.4 is 4.90 Å². The molecule has 0 fully saturated rings. The summed E-state index contributed by atoms with van der Waals surface area (Å²) >= 11 is 6.32. The minimum absolute atomic E-state index is 0. The molecule has 0 radical (unpaired) electrons. The van der Waals surface area contributed by atoms with Gasteiger partial charge in [-0.1, -0.05) is 17.8 Å². The lowest BCUT2D eigenvalue weighted by atomic mass is 10.3. The van der Waals surface area contributed by atoms with Crippen LogP contribution in [0.2, 0.25) is 0 Å². The highest BCUT2D eigenvalue weighted by molar-refractivity contribution is 14.0. The molecule has 1 unspecified atom stereocenters. The molecular formula is C9H12INS2. The second kappa shape index (κ2) is 4.31. The van der Waals surface area contributed by atoms with Gasteiger partial charge in [-0.3, -0.25) is 0 Å². The molecule has 2 rings (SSSR count). The van der Waals surface area contributed by atoms with Crippen LogP contribution >= 0.6 is 48.4 Å². The number of halogens is 1. The third-order valence-electron chi connectivity index (χ3n) is 2.17. The maximum absolute atomic E-state index is 4.43. The Bertz CT molecular complexity index is 316. The molecule has 0 saturated carbocycles. The van der Waals surface area contributed by atoms with Crippen LogP contribution in [-0.2, 0) is 0 Å². The number of thioether (sulfide) groups is 1. The van der Waals surface area contributed by atoms with Crippen LogP contribution in [0.25, 0.3) is 0 Å². The number of hydrogen-bond acceptors (Lipinski definition) is 3. The van der Waals surface area contributed by atoms with E-state index in [0.29, 0.717) is 5.37 Å². The van der Waals surface area contributed by atoms with E-state index in [1.54, 1.807) is 0 Å². The molecule has 13 heavy (non-hydrogen) atoms. The van der Waals surface area contributed by atoms with Crippen molar-refractivity contribution in [2.24, 2.45) is 0 Å². The lowest BCUT2D eigenvalue weighted by Crippen LogP contribution is -2.20. The number of rotatable bonds is 0. The molecule has 1 heterocycles. The normalized spacial score (nSPS) is 19.6. The van der Waals surface area contributed by atoms with E-state index in [1.165, 1.54) is 10.6 Å². The van der Waals surface area contributed by atoms with E-state index in [9.17, 15) is 0 Å². The zero-order valence-electron chi connectivity index (χ0n) is 7.52. The van der Waals surface area contributed by atoms with Crippen LogP contribution in [0.3, 0.4) is 0 Å². The summed E-state index contributed by atoms with van der Waals surface area (Å²) in [6.45, 7) is 2.21. The standard InChI is InChI=1S/C9H11NS2.HI/c1-6-10(2)9-7(11)4-3-5-8(9)12-6;/h3-6,11H,1-2H3;1H. The first-order chi connectivity index (χ1) is 5.70. The first-order valence-corrected chi connectivity index (χ1v) is 5.24. The highest BCUT2D eigenvalue weighted by atomic mass is 127. The average Bonchev–Trinajstić information content (AvgIpc) is 2.29. The van der Waals surface area contributed by atoms with Crippen molar-refractivity contribution in [3.8, 4) is 0 Å². The summed E-state index contributed by atoms with van der Waals surface area (Å²) in [6.07, 6.45) is 0. The molecule has 72 valence electrons. The van der Waals surface area contributed by atoms with Crippen molar-refractivity contribution >= 4 is 54.1 Å². The molecule has 0 spiro atoms. The fourth-order valence-electron chi connectivity index (χ4n) is 1.40. The van der Waals surface area contributed by atoms with Crippen molar-refractivity contribution in [1.82, 2.24) is 0 Å². The highest BCUT2D eigenvalue weighted by Gasteiger charge is 2.24. The maximum Gasteiger partial charge on any atom is 0.0767 e. The number of benzene rings is 1. The Morgan fingerprint density at radius 3 is 2.77 bits per heavy atom. The van der Waals surface area contributed by atoms with Crippen LogP contribution in [0.5, 0.6) is 0 Å². The van der Waals surface area contributed by atoms with E-state index < -0.39 is 0 Å². The van der Waals surface area contributed by atoms with Crippen LogP contribution in [0, 0.1) is 0 Å². The van der Waals surface area contributed by atoms with E-state index in [1.807, 2.05) is 17.8 Å². The van der Waals surface area contributed by atoms with Gasteiger partial charge in [-0.05, 0) is 19.1 Å². The van der Waals surface area contributed by atoms with Crippen molar-refractivity contribution in [2.45, 2.75) is 22.1 Å². The Hall–Kier alpha value is 0.450. The van der Waals surface area contributed by atoms with E-state index in [4.69, 9.17) is 0 Å². The smallest absolute Gasteiger partial charge is 0.0767 e. The fraction of sp³-hybridized carbons (Fsp3) is 0.333. The molecular weight excluding hydrogens is 313 g/mol. The number of nitrogens with zero attached hydrogens (tertiary/aromatic N) is 1. The Morgan fingerprint density at radius 1 is 1.46 bits per heavy atom. The van der Waals surface area contributed by atoms with E-state index in [-0.39, 0.29) is 24.0 Å². The number of hydrogen-bond donors (Lipinski definition) is 1. The Balaban J connectivity index is 0.000000845. The lowest BCUT2D eigenvalue weighted by molar-refractivity contribution is 0.911. The van der Waals surface area contributed by atoms with Crippen LogP contribution in [0.1, 0.15) is 6.92 Å². The van der Waals surface area contributed by atoms with Crippen LogP contribution in [0.4, 0.5) is 5.69 Å². The predicted octanol–water partition coefficient (Wildman–Crippen LogP) is 3.48. The minimum Gasteiger partial charge on any atom is -0.361 e. The largest absolute Gasteiger partial charge is 0.361 e. The molecule has 0 saturated heterocycles. The first-order valence-electron chi connectivity index (χ1n) is 3.91. The highest BCUT2D eigenvalue weighted by Crippen LogP contribution is 2.45. The summed E-state index contributed by atoms with van der Waals surface area (Å²) in [5, 5.41) is 0.535. The van der Waals surface area contributed by atoms with Gasteiger partial charge >= 0.3 is 0 Å². The maximum atomic E-state index is 4.43. The van der Waals surface area contributed by atoms with Gasteiger partial charge in [0.15, 0.2) is 0 Å². The monoisotopic (exact) mass is 325 g/mol. The summed E-state index contributed by atoms with van der Waals surface area (Å²) < 4.78 is 0. The molecule has 4 heteroatoms. The zero-order chi connectivity index (χ0) is 8.72. The van der Waals surface area contributed by atoms with E-state index in [0.717, 1.165) is 4.90 Å². The first kappa shape index (κ1) is 11.5. The third-order valence-corrected chi connectivity index (χ3v) is 3.77. The fourth-order valence-corrected chi connectivity index (χ4v) is 3.00. The van der Waals surface area contributed by atoms with Crippen molar-refractivity contribution in [3.05, 3.63) is 18.2 Å². The van der Waals surface area contributed by atoms with Gasteiger partial charge in [-0.25, -0.2) is 0 Å². The summed E-state index contributed by atoms with van der Waals surface area (Å²) in [7, 11) is 2.11. The molecule has 1 nitrogen and oxygen atoms in total. The number of fused-ring (bicyclic) bond motifs is 1. The third kappa shape index (κ3) is 1.94. The van der Waals surface area contributed by atoms with Gasteiger partial charge in [0, 0.05) is 16.8 Å². The molecule has 0 aromatic heterocycles. The van der Waals surface area contributed by atoms with Crippen molar-refractivity contribution in [2.75, 3.05) is 11.9 Å². The van der Waals surface area contributed by atoms with E-state index in [2.05, 4.69) is 43.6 Å². The van der Waals surface area contributed by atoms with Crippen molar-refractivity contribution in [3.63, 3.8) is 0 Å². The summed E-state index contributed by atoms with van der Waals surface area (Å²) in [6, 6.07) is 6.25. The number of thiol groups is 1. The van der Waals surface area contributed by atoms with Crippen LogP contribution in [0.15, 0.2) is 28.0 Å². The second-order valence-electron chi connectivity index (χ2n) is 2.95. The summed E-state index contributed by atoms with van der Waals surface area (Å²) in [4.78, 5) is 4.69. The Kier molecular flexibility index (Phi) is 3.82. The summed E-state index contributed by atoms with van der Waals surface area (Å²) in [5.74, 6) is 0. The average molecular weight is 325 g/mol. The van der Waals surface area contributed by atoms with Gasteiger partial charge in [0.25, 0.3) is 0 Å². The summed E-state index contributed by atoms with van der Waals surface area (Å²) in [5.41, 5.74) is 1.28. The number of anilines is 1. The predicted molar refractivity (Wildman–Crippen MR) is 72.8 cm³/mol. The van der Waals surface area contributed by atoms with E-state index >= 15 is 0 Å². The van der Waals surface area contributed by atoms with Gasteiger partial charge in [-0.2, -0.15) is 0 Å². The van der Waals surface area contributed by atoms with Gasteiger partial charge in [-0.15, -0.1) is 36.6 Å². The van der Waals surface area contributed by atoms with Gasteiger partial charge < -0.3 is 4.90 Å². The Labute approximate surface area is 106 Å². The second-order valence-corrected chi connectivity index (χ2v) is 4.79. The van der Waals surface area contributed by atoms with Gasteiger partial charge in [0.1, 0.15) is 0 Å². The molecule has 1 atom stereocenters. The molecule has 1 aliphatic heterocycles. The lowest BCUT2D eigenvalue weighted by Gasteiger charge is -2.18. The molecule has 0 N–H and O–H groups in total. The topological polar surface area (TPSA) is 3.24 Å².